The minimum atomic E-state index is -3.46. The Bertz CT molecular complexity index is 929. The molecular weight excluding hydrogens is 545 g/mol. The molecule has 1 aromatic heterocycles. The molecule has 172 valence electrons. The summed E-state index contributed by atoms with van der Waals surface area (Å²) in [6.07, 6.45) is 2.50. The highest BCUT2D eigenvalue weighted by molar-refractivity contribution is 14.0. The van der Waals surface area contributed by atoms with E-state index in [1.54, 1.807) is 29.5 Å². The van der Waals surface area contributed by atoms with Crippen molar-refractivity contribution in [1.29, 1.82) is 0 Å². The summed E-state index contributed by atoms with van der Waals surface area (Å²) in [5, 5.41) is 8.91. The number of nitrogens with one attached hydrogen (secondary N) is 3. The summed E-state index contributed by atoms with van der Waals surface area (Å²) in [5.41, 5.74) is 0.845. The normalized spacial score (nSPS) is 16.0. The Kier molecular flexibility index (Phi) is 10.7. The van der Waals surface area contributed by atoms with E-state index in [0.29, 0.717) is 12.6 Å². The van der Waals surface area contributed by atoms with E-state index < -0.39 is 10.0 Å². The third kappa shape index (κ3) is 7.41. The fourth-order valence-electron chi connectivity index (χ4n) is 3.58. The molecular formula is C21H32IN5O2S2. The number of hydrogen-bond acceptors (Lipinski definition) is 5. The second kappa shape index (κ2) is 12.7. The first-order valence-electron chi connectivity index (χ1n) is 10.4. The average Bonchev–Trinajstić information content (AvgIpc) is 3.47. The molecule has 2 heterocycles. The van der Waals surface area contributed by atoms with Crippen LogP contribution in [0.2, 0.25) is 0 Å². The number of benzene rings is 1. The van der Waals surface area contributed by atoms with Crippen LogP contribution in [0.15, 0.2) is 51.7 Å². The lowest BCUT2D eigenvalue weighted by molar-refractivity contribution is 0.249. The number of nitrogens with zero attached hydrogens (tertiary/aromatic N) is 2. The Balaban J connectivity index is 0.00000341. The van der Waals surface area contributed by atoms with Crippen molar-refractivity contribution in [1.82, 2.24) is 20.3 Å². The molecule has 0 aliphatic carbocycles. The quantitative estimate of drug-likeness (QED) is 0.242. The van der Waals surface area contributed by atoms with Gasteiger partial charge in [-0.3, -0.25) is 4.90 Å². The molecule has 1 unspecified atom stereocenters. The molecule has 1 saturated heterocycles. The predicted octanol–water partition coefficient (Wildman–Crippen LogP) is 3.17. The Morgan fingerprint density at radius 1 is 1.19 bits per heavy atom. The van der Waals surface area contributed by atoms with Crippen LogP contribution in [0.25, 0.3) is 0 Å². The molecule has 3 N–H and O–H groups in total. The highest BCUT2D eigenvalue weighted by atomic mass is 127. The van der Waals surface area contributed by atoms with E-state index in [9.17, 15) is 8.42 Å². The number of thiophene rings is 1. The fourth-order valence-corrected chi connectivity index (χ4v) is 5.24. The van der Waals surface area contributed by atoms with E-state index >= 15 is 0 Å². The molecule has 1 aliphatic heterocycles. The van der Waals surface area contributed by atoms with E-state index in [1.807, 2.05) is 13.0 Å². The highest BCUT2D eigenvalue weighted by Crippen LogP contribution is 2.27. The fraction of sp³-hybridized carbons (Fsp3) is 0.476. The zero-order valence-corrected chi connectivity index (χ0v) is 22.0. The summed E-state index contributed by atoms with van der Waals surface area (Å²) in [5.74, 6) is 0.736. The van der Waals surface area contributed by atoms with Crippen LogP contribution in [0, 0.1) is 0 Å². The smallest absolute Gasteiger partial charge is 0.240 e. The summed E-state index contributed by atoms with van der Waals surface area (Å²) < 4.78 is 26.4. The van der Waals surface area contributed by atoms with Crippen LogP contribution >= 0.6 is 35.3 Å². The van der Waals surface area contributed by atoms with Crippen LogP contribution in [-0.4, -0.2) is 52.5 Å². The van der Waals surface area contributed by atoms with Gasteiger partial charge >= 0.3 is 0 Å². The summed E-state index contributed by atoms with van der Waals surface area (Å²) in [4.78, 5) is 8.83. The van der Waals surface area contributed by atoms with Crippen LogP contribution < -0.4 is 15.4 Å². The van der Waals surface area contributed by atoms with E-state index in [0.717, 1.165) is 37.7 Å². The van der Waals surface area contributed by atoms with Crippen molar-refractivity contribution >= 4 is 51.3 Å². The Morgan fingerprint density at radius 2 is 1.97 bits per heavy atom. The van der Waals surface area contributed by atoms with Crippen LogP contribution in [0.1, 0.15) is 36.2 Å². The molecule has 31 heavy (non-hydrogen) atoms. The van der Waals surface area contributed by atoms with Gasteiger partial charge < -0.3 is 10.6 Å². The van der Waals surface area contributed by atoms with Gasteiger partial charge in [0.2, 0.25) is 10.0 Å². The first-order valence-corrected chi connectivity index (χ1v) is 12.7. The van der Waals surface area contributed by atoms with Crippen molar-refractivity contribution < 1.29 is 8.42 Å². The van der Waals surface area contributed by atoms with Gasteiger partial charge in [-0.15, -0.1) is 35.3 Å². The van der Waals surface area contributed by atoms with Gasteiger partial charge in [0.25, 0.3) is 0 Å². The molecule has 1 fully saturated rings. The largest absolute Gasteiger partial charge is 0.357 e. The molecule has 1 aromatic carbocycles. The van der Waals surface area contributed by atoms with E-state index in [4.69, 9.17) is 0 Å². The summed E-state index contributed by atoms with van der Waals surface area (Å²) in [7, 11) is -2.05. The van der Waals surface area contributed by atoms with Gasteiger partial charge in [0.15, 0.2) is 5.96 Å². The van der Waals surface area contributed by atoms with E-state index in [2.05, 4.69) is 42.8 Å². The maximum Gasteiger partial charge on any atom is 0.240 e. The van der Waals surface area contributed by atoms with E-state index in [-0.39, 0.29) is 28.9 Å². The number of sulfonamides is 1. The van der Waals surface area contributed by atoms with Gasteiger partial charge in [-0.05, 0) is 69.0 Å². The second-order valence-corrected chi connectivity index (χ2v) is 10.1. The molecule has 2 aromatic rings. The molecule has 1 aliphatic rings. The number of likely N-dealkylation sites (tertiary alicyclic amines) is 1. The monoisotopic (exact) mass is 577 g/mol. The second-order valence-electron chi connectivity index (χ2n) is 7.21. The van der Waals surface area contributed by atoms with Crippen LogP contribution in [-0.2, 0) is 16.6 Å². The van der Waals surface area contributed by atoms with Gasteiger partial charge in [0.05, 0.1) is 17.5 Å². The highest BCUT2D eigenvalue weighted by Gasteiger charge is 2.24. The van der Waals surface area contributed by atoms with Crippen LogP contribution in [0.5, 0.6) is 0 Å². The van der Waals surface area contributed by atoms with Crippen LogP contribution in [0.4, 0.5) is 0 Å². The zero-order chi connectivity index (χ0) is 21.4. The van der Waals surface area contributed by atoms with Crippen molar-refractivity contribution in [3.05, 3.63) is 52.2 Å². The molecule has 3 rings (SSSR count). The zero-order valence-electron chi connectivity index (χ0n) is 18.0. The Labute approximate surface area is 206 Å². The number of rotatable bonds is 9. The van der Waals surface area contributed by atoms with Gasteiger partial charge in [-0.25, -0.2) is 18.1 Å². The maximum absolute atomic E-state index is 12.0. The summed E-state index contributed by atoms with van der Waals surface area (Å²) >= 11 is 1.79. The first-order chi connectivity index (χ1) is 14.5. The predicted molar refractivity (Wildman–Crippen MR) is 139 cm³/mol. The maximum atomic E-state index is 12.0. The molecule has 10 heteroatoms. The summed E-state index contributed by atoms with van der Waals surface area (Å²) in [6.45, 7) is 6.23. The topological polar surface area (TPSA) is 85.8 Å². The summed E-state index contributed by atoms with van der Waals surface area (Å²) in [6, 6.07) is 11.5. The lowest BCUT2D eigenvalue weighted by Crippen LogP contribution is -2.42. The average molecular weight is 578 g/mol. The van der Waals surface area contributed by atoms with Crippen LogP contribution in [0.3, 0.4) is 0 Å². The molecule has 0 spiro atoms. The van der Waals surface area contributed by atoms with Crippen molar-refractivity contribution in [3.8, 4) is 0 Å². The molecule has 0 bridgehead atoms. The molecule has 0 amide bonds. The molecule has 7 nitrogen and oxygen atoms in total. The minimum absolute atomic E-state index is 0. The lowest BCUT2D eigenvalue weighted by Gasteiger charge is -2.27. The van der Waals surface area contributed by atoms with Crippen molar-refractivity contribution in [3.63, 3.8) is 0 Å². The first kappa shape index (κ1) is 26.0. The van der Waals surface area contributed by atoms with E-state index in [1.165, 1.54) is 24.8 Å². The Hall–Kier alpha value is -1.21. The number of aliphatic imine (C=N–C) groups is 1. The minimum Gasteiger partial charge on any atom is -0.357 e. The molecule has 0 saturated carbocycles. The van der Waals surface area contributed by atoms with Crippen molar-refractivity contribution in [2.24, 2.45) is 4.99 Å². The SMILES string of the molecule is CCNC(=NCc1cccc(S(=O)(=O)NC)c1)NCC(c1cccs1)N1CCCC1.I. The van der Waals surface area contributed by atoms with Gasteiger partial charge in [-0.2, -0.15) is 0 Å². The van der Waals surface area contributed by atoms with Gasteiger partial charge in [0.1, 0.15) is 0 Å². The van der Waals surface area contributed by atoms with Crippen molar-refractivity contribution in [2.75, 3.05) is 33.2 Å². The van der Waals surface area contributed by atoms with Crippen molar-refractivity contribution in [2.45, 2.75) is 37.2 Å². The number of guanidine groups is 1. The lowest BCUT2D eigenvalue weighted by atomic mass is 10.2. The molecule has 0 radical (unpaired) electrons. The third-order valence-electron chi connectivity index (χ3n) is 5.16. The standard InChI is InChI=1S/C21H31N5O2S2.HI/c1-3-23-21(24-15-17-8-6-9-18(14-17)30(27,28)22-2)25-16-19(20-10-7-13-29-20)26-11-4-5-12-26;/h6-10,13-14,19,22H,3-5,11-12,15-16H2,1-2H3,(H2,23,24,25);1H. The van der Waals surface area contributed by atoms with Gasteiger partial charge in [-0.1, -0.05) is 18.2 Å². The van der Waals surface area contributed by atoms with Gasteiger partial charge in [0, 0.05) is 18.0 Å². The number of hydrogen-bond donors (Lipinski definition) is 3. The third-order valence-corrected chi connectivity index (χ3v) is 7.54. The Morgan fingerprint density at radius 3 is 2.61 bits per heavy atom. The number of halogens is 1. The molecule has 1 atom stereocenters.